The quantitative estimate of drug-likeness (QED) is 0.140. The molecule has 3 fully saturated rings. The van der Waals surface area contributed by atoms with Gasteiger partial charge in [-0.3, -0.25) is 19.1 Å². The fourth-order valence-corrected chi connectivity index (χ4v) is 10.1. The molecule has 3 aliphatic rings. The molecule has 13 atom stereocenters. The van der Waals surface area contributed by atoms with Gasteiger partial charge in [0, 0.05) is 68.6 Å². The van der Waals surface area contributed by atoms with Gasteiger partial charge in [0.2, 0.25) is 0 Å². The third kappa shape index (κ3) is 12.2. The molecule has 19 heteroatoms. The standard InChI is InChI=1S/C42H66N6O10S.CH3FS/c1-12-33-42(8)36(48(40(53)58-42)17-14-13-16-47-23-30(44-45-47)37-43-15-18-59-37)26(4)29(28(6)49)19-24(2)22-41(7,54-11)34(21-32(50)27(5)38(52)56-33)57-39-35(51)31(46(9)10)20-25(3)55-39;1-3-2/h15,18,23-27,29,31,33-36,39,51H,12-14,16-17,19-22H2,1-11H3;1H3/t24-,25?,26-,27+,29?,31?,33+,34+,35?,36+,39-,41+,42+;/m0./s1. The topological polar surface area (TPSA) is 185 Å². The lowest BCUT2D eigenvalue weighted by Gasteiger charge is -2.45. The Morgan fingerprint density at radius 1 is 1.13 bits per heavy atom. The fourth-order valence-electron chi connectivity index (χ4n) is 9.52. The largest absolute Gasteiger partial charge is 0.458 e. The number of aromatic nitrogens is 4. The lowest BCUT2D eigenvalue weighted by molar-refractivity contribution is -0.289. The number of fused-ring (bicyclic) bond motifs is 1. The van der Waals surface area contributed by atoms with Gasteiger partial charge >= 0.3 is 12.1 Å². The number of aliphatic hydroxyl groups is 1. The van der Waals surface area contributed by atoms with Crippen LogP contribution in [-0.2, 0) is 44.6 Å². The Balaban J connectivity index is 0.00000273. The number of halogens is 1. The maximum atomic E-state index is 14.1. The number of nitrogens with zero attached hydrogens (tertiary/aromatic N) is 6. The summed E-state index contributed by atoms with van der Waals surface area (Å²) in [5, 5.41) is 22.6. The highest BCUT2D eigenvalue weighted by molar-refractivity contribution is 7.93. The van der Waals surface area contributed by atoms with Gasteiger partial charge in [-0.25, -0.2) is 9.78 Å². The third-order valence-electron chi connectivity index (χ3n) is 13.0. The molecule has 16 nitrogen and oxygen atoms in total. The number of ether oxygens (including phenoxy) is 5. The number of ketones is 2. The van der Waals surface area contributed by atoms with Crippen LogP contribution in [0.15, 0.2) is 17.8 Å². The van der Waals surface area contributed by atoms with E-state index in [4.69, 9.17) is 23.7 Å². The summed E-state index contributed by atoms with van der Waals surface area (Å²) in [5.41, 5.74) is -1.75. The maximum absolute atomic E-state index is 14.1. The van der Waals surface area contributed by atoms with E-state index in [1.165, 1.54) is 24.5 Å². The number of cyclic esters (lactones) is 1. The molecule has 0 radical (unpaired) electrons. The molecule has 5 rings (SSSR count). The molecule has 4 unspecified atom stereocenters. The number of aryl methyl sites for hydroxylation is 1. The first kappa shape index (κ1) is 51.6. The van der Waals surface area contributed by atoms with Gasteiger partial charge in [0.05, 0.1) is 30.0 Å². The molecule has 3 saturated heterocycles. The van der Waals surface area contributed by atoms with Gasteiger partial charge in [0.1, 0.15) is 40.4 Å². The summed E-state index contributed by atoms with van der Waals surface area (Å²) >= 11 is 1.74. The number of methoxy groups -OCH3 is 1. The smallest absolute Gasteiger partial charge is 0.410 e. The first-order valence-electron chi connectivity index (χ1n) is 21.6. The highest BCUT2D eigenvalue weighted by atomic mass is 32.2. The predicted molar refractivity (Wildman–Crippen MR) is 234 cm³/mol. The van der Waals surface area contributed by atoms with E-state index in [1.807, 2.05) is 65.2 Å². The molecular weight excluding hydrogens is 844 g/mol. The Hall–Kier alpha value is -3.07. The van der Waals surface area contributed by atoms with E-state index in [2.05, 4.69) is 15.3 Å². The molecule has 2 aromatic heterocycles. The molecule has 350 valence electrons. The van der Waals surface area contributed by atoms with Crippen molar-refractivity contribution in [1.82, 2.24) is 29.8 Å². The Morgan fingerprint density at radius 3 is 2.40 bits per heavy atom. The normalized spacial score (nSPS) is 35.0. The van der Waals surface area contributed by atoms with Crippen LogP contribution in [0, 0.1) is 23.7 Å². The lowest BCUT2D eigenvalue weighted by atomic mass is 9.71. The van der Waals surface area contributed by atoms with Gasteiger partial charge in [-0.2, -0.15) is 3.89 Å². The predicted octanol–water partition coefficient (Wildman–Crippen LogP) is 6.40. The van der Waals surface area contributed by atoms with Crippen molar-refractivity contribution in [3.8, 4) is 10.7 Å². The summed E-state index contributed by atoms with van der Waals surface area (Å²) in [4.78, 5) is 63.7. The summed E-state index contributed by atoms with van der Waals surface area (Å²) in [7, 11) is 5.32. The van der Waals surface area contributed by atoms with Crippen LogP contribution < -0.4 is 0 Å². The second-order valence-electron chi connectivity index (χ2n) is 17.8. The monoisotopic (exact) mass is 912 g/mol. The van der Waals surface area contributed by atoms with E-state index >= 15 is 0 Å². The van der Waals surface area contributed by atoms with Crippen LogP contribution in [0.4, 0.5) is 8.68 Å². The first-order valence-corrected chi connectivity index (χ1v) is 23.6. The summed E-state index contributed by atoms with van der Waals surface area (Å²) in [6, 6.07) is -0.896. The highest BCUT2D eigenvalue weighted by Gasteiger charge is 2.59. The van der Waals surface area contributed by atoms with E-state index in [9.17, 15) is 28.2 Å². The molecule has 1 amide bonds. The lowest BCUT2D eigenvalue weighted by Crippen LogP contribution is -2.57. The number of aliphatic hydroxyl groups excluding tert-OH is 1. The summed E-state index contributed by atoms with van der Waals surface area (Å²) in [6.45, 7) is 15.4. The van der Waals surface area contributed by atoms with E-state index in [1.54, 1.807) is 36.7 Å². The van der Waals surface area contributed by atoms with Crippen molar-refractivity contribution in [3.05, 3.63) is 17.8 Å². The van der Waals surface area contributed by atoms with Crippen LogP contribution in [0.25, 0.3) is 10.7 Å². The Kier molecular flexibility index (Phi) is 18.9. The number of hydrogen-bond donors (Lipinski definition) is 1. The highest BCUT2D eigenvalue weighted by Crippen LogP contribution is 2.44. The van der Waals surface area contributed by atoms with Crippen molar-refractivity contribution in [1.29, 1.82) is 0 Å². The van der Waals surface area contributed by atoms with Crippen molar-refractivity contribution < 1.29 is 51.9 Å². The minimum absolute atomic E-state index is 0.0410. The van der Waals surface area contributed by atoms with Gasteiger partial charge in [0.15, 0.2) is 11.9 Å². The number of thiazole rings is 1. The second-order valence-corrected chi connectivity index (χ2v) is 19.0. The van der Waals surface area contributed by atoms with Crippen LogP contribution in [0.3, 0.4) is 0 Å². The molecular formula is C43H69FN6O10S2. The van der Waals surface area contributed by atoms with E-state index in [-0.39, 0.29) is 48.8 Å². The summed E-state index contributed by atoms with van der Waals surface area (Å²) in [6.07, 6.45) is 2.97. The molecule has 3 aliphatic heterocycles. The van der Waals surface area contributed by atoms with E-state index in [0.717, 1.165) is 5.01 Å². The molecule has 62 heavy (non-hydrogen) atoms. The van der Waals surface area contributed by atoms with Gasteiger partial charge in [0.25, 0.3) is 0 Å². The molecule has 0 saturated carbocycles. The van der Waals surface area contributed by atoms with Gasteiger partial charge < -0.3 is 38.6 Å². The zero-order valence-electron chi connectivity index (χ0n) is 38.4. The maximum Gasteiger partial charge on any atom is 0.410 e. The number of Topliss-reactive ketones (excluding diaryl/α,β-unsaturated/α-hetero) is 2. The molecule has 2 aromatic rings. The van der Waals surface area contributed by atoms with Gasteiger partial charge in [-0.1, -0.05) is 26.0 Å². The molecule has 0 spiro atoms. The number of amides is 1. The van der Waals surface area contributed by atoms with Gasteiger partial charge in [-0.05, 0) is 99.1 Å². The Bertz CT molecular complexity index is 1770. The SMILES string of the molecule is CC[C@H]1OC(=O)[C@H](C)C(=O)C[C@@H](O[C@@H]2OC(C)CC(N(C)C)C2O)[C@](C)(OC)C[C@@H](C)CC(C(C)=O)[C@H](C)[C@H]2N(CCCCn3cc(-c4nccs4)nn3)C(=O)O[C@]12C.CSF. The van der Waals surface area contributed by atoms with Crippen LogP contribution in [0.5, 0.6) is 0 Å². The number of esters is 1. The number of likely N-dealkylation sites (N-methyl/N-ethyl adjacent to an activating group) is 1. The fraction of sp³-hybridized carbons (Fsp3) is 0.791. The summed E-state index contributed by atoms with van der Waals surface area (Å²) in [5.74, 6) is -3.51. The van der Waals surface area contributed by atoms with Crippen LogP contribution >= 0.6 is 23.5 Å². The minimum Gasteiger partial charge on any atom is -0.458 e. The van der Waals surface area contributed by atoms with Crippen molar-refractivity contribution >= 4 is 47.1 Å². The van der Waals surface area contributed by atoms with Crippen molar-refractivity contribution in [2.75, 3.05) is 34.0 Å². The number of carbonyl (C=O) groups is 4. The van der Waals surface area contributed by atoms with Crippen molar-refractivity contribution in [2.45, 2.75) is 161 Å². The van der Waals surface area contributed by atoms with Crippen LogP contribution in [0.1, 0.15) is 100 Å². The Morgan fingerprint density at radius 2 is 1.81 bits per heavy atom. The second kappa shape index (κ2) is 22.7. The van der Waals surface area contributed by atoms with Crippen molar-refractivity contribution in [3.63, 3.8) is 0 Å². The van der Waals surface area contributed by atoms with Crippen LogP contribution in [-0.4, -0.2) is 147 Å². The summed E-state index contributed by atoms with van der Waals surface area (Å²) < 4.78 is 43.3. The van der Waals surface area contributed by atoms with Gasteiger partial charge in [-0.15, -0.1) is 16.4 Å². The number of rotatable bonds is 12. The third-order valence-corrected chi connectivity index (χ3v) is 13.8. The van der Waals surface area contributed by atoms with E-state index < -0.39 is 77.4 Å². The molecule has 0 bridgehead atoms. The average Bonchev–Trinajstić information content (AvgIpc) is 3.98. The first-order chi connectivity index (χ1) is 29.2. The molecule has 0 aromatic carbocycles. The Labute approximate surface area is 374 Å². The van der Waals surface area contributed by atoms with Crippen LogP contribution in [0.2, 0.25) is 0 Å². The zero-order valence-corrected chi connectivity index (χ0v) is 40.1. The minimum atomic E-state index is -1.34. The van der Waals surface area contributed by atoms with E-state index in [0.29, 0.717) is 50.9 Å². The average molecular weight is 913 g/mol. The molecule has 5 heterocycles. The number of hydrogen-bond acceptors (Lipinski definition) is 16. The number of unbranched alkanes of at least 4 members (excludes halogenated alkanes) is 1. The molecule has 1 N–H and O–H groups in total. The molecule has 0 aliphatic carbocycles. The zero-order chi connectivity index (χ0) is 46.1. The van der Waals surface area contributed by atoms with Crippen molar-refractivity contribution in [2.24, 2.45) is 23.7 Å². The number of carbonyl (C=O) groups excluding carboxylic acids is 4.